The van der Waals surface area contributed by atoms with E-state index < -0.39 is 5.97 Å². The van der Waals surface area contributed by atoms with Gasteiger partial charge in [0, 0.05) is 18.3 Å². The number of ether oxygens (including phenoxy) is 2. The predicted octanol–water partition coefficient (Wildman–Crippen LogP) is 2.89. The molecule has 0 saturated carbocycles. The molecule has 0 bridgehead atoms. The molecule has 2 rings (SSSR count). The third-order valence-corrected chi connectivity index (χ3v) is 2.88. The highest BCUT2D eigenvalue weighted by molar-refractivity contribution is 6.28. The van der Waals surface area contributed by atoms with Crippen molar-refractivity contribution in [3.8, 4) is 11.6 Å². The van der Waals surface area contributed by atoms with Crippen LogP contribution in [-0.4, -0.2) is 29.8 Å². The Labute approximate surface area is 132 Å². The standard InChI is InChI=1S/C15H14ClN3O3/c1-21-15(20)10-5-6-18-14(7-10)22-12-4-2-3-11(8-12)19-13(17)9-16/h2-8H,9H2,1H3,(H2,17,19). The average Bonchev–Trinajstić information content (AvgIpc) is 2.54. The van der Waals surface area contributed by atoms with Crippen LogP contribution in [0.2, 0.25) is 0 Å². The van der Waals surface area contributed by atoms with Crippen molar-refractivity contribution < 1.29 is 14.3 Å². The van der Waals surface area contributed by atoms with Crippen molar-refractivity contribution in [1.82, 2.24) is 4.98 Å². The van der Waals surface area contributed by atoms with Gasteiger partial charge in [0.15, 0.2) is 0 Å². The number of nitrogens with zero attached hydrogens (tertiary/aromatic N) is 2. The van der Waals surface area contributed by atoms with E-state index in [1.807, 2.05) is 0 Å². The van der Waals surface area contributed by atoms with E-state index in [1.165, 1.54) is 19.4 Å². The van der Waals surface area contributed by atoms with Gasteiger partial charge in [0.05, 0.1) is 24.2 Å². The van der Waals surface area contributed by atoms with E-state index in [-0.39, 0.29) is 11.8 Å². The maximum Gasteiger partial charge on any atom is 0.338 e. The zero-order valence-corrected chi connectivity index (χ0v) is 12.6. The number of benzene rings is 1. The van der Waals surface area contributed by atoms with Gasteiger partial charge < -0.3 is 15.2 Å². The lowest BCUT2D eigenvalue weighted by Gasteiger charge is -2.06. The summed E-state index contributed by atoms with van der Waals surface area (Å²) in [7, 11) is 1.31. The maximum absolute atomic E-state index is 11.5. The van der Waals surface area contributed by atoms with Gasteiger partial charge in [-0.05, 0) is 18.2 Å². The molecule has 1 aromatic heterocycles. The van der Waals surface area contributed by atoms with E-state index in [4.69, 9.17) is 22.1 Å². The first kappa shape index (κ1) is 15.8. The molecule has 0 atom stereocenters. The van der Waals surface area contributed by atoms with Crippen molar-refractivity contribution >= 4 is 29.1 Å². The van der Waals surface area contributed by atoms with Crippen LogP contribution in [0.15, 0.2) is 47.6 Å². The Morgan fingerprint density at radius 2 is 2.18 bits per heavy atom. The van der Waals surface area contributed by atoms with E-state index in [2.05, 4.69) is 14.7 Å². The van der Waals surface area contributed by atoms with Gasteiger partial charge in [-0.15, -0.1) is 11.6 Å². The third kappa shape index (κ3) is 4.20. The Morgan fingerprint density at radius 1 is 1.36 bits per heavy atom. The summed E-state index contributed by atoms with van der Waals surface area (Å²) < 4.78 is 10.3. The molecule has 0 amide bonds. The van der Waals surface area contributed by atoms with Gasteiger partial charge in [0.25, 0.3) is 0 Å². The van der Waals surface area contributed by atoms with E-state index in [1.54, 1.807) is 30.3 Å². The number of aromatic nitrogens is 1. The van der Waals surface area contributed by atoms with Crippen LogP contribution < -0.4 is 10.5 Å². The number of rotatable bonds is 5. The van der Waals surface area contributed by atoms with Gasteiger partial charge in [0.1, 0.15) is 11.6 Å². The minimum atomic E-state index is -0.458. The number of esters is 1. The molecule has 1 heterocycles. The average molecular weight is 320 g/mol. The van der Waals surface area contributed by atoms with Crippen LogP contribution in [0.1, 0.15) is 10.4 Å². The van der Waals surface area contributed by atoms with Gasteiger partial charge in [-0.25, -0.2) is 14.8 Å². The van der Waals surface area contributed by atoms with E-state index in [9.17, 15) is 4.79 Å². The Hall–Kier alpha value is -2.60. The fourth-order valence-electron chi connectivity index (χ4n) is 1.64. The normalized spacial score (nSPS) is 11.1. The van der Waals surface area contributed by atoms with Crippen LogP contribution >= 0.6 is 11.6 Å². The zero-order valence-electron chi connectivity index (χ0n) is 11.8. The lowest BCUT2D eigenvalue weighted by Crippen LogP contribution is -2.12. The summed E-state index contributed by atoms with van der Waals surface area (Å²) in [5.41, 5.74) is 6.56. The van der Waals surface area contributed by atoms with E-state index >= 15 is 0 Å². The van der Waals surface area contributed by atoms with Crippen molar-refractivity contribution in [2.45, 2.75) is 0 Å². The molecule has 0 aliphatic carbocycles. The Kier molecular flexibility index (Phi) is 5.32. The van der Waals surface area contributed by atoms with Gasteiger partial charge in [-0.1, -0.05) is 6.07 Å². The highest BCUT2D eigenvalue weighted by Crippen LogP contribution is 2.24. The molecule has 1 aromatic carbocycles. The second kappa shape index (κ2) is 7.42. The van der Waals surface area contributed by atoms with Crippen LogP contribution in [0.25, 0.3) is 0 Å². The molecule has 0 aliphatic rings. The SMILES string of the molecule is COC(=O)c1ccnc(Oc2cccc(N=C(N)CCl)c2)c1. The number of alkyl halides is 1. The van der Waals surface area contributed by atoms with Crippen LogP contribution in [0.3, 0.4) is 0 Å². The minimum Gasteiger partial charge on any atom is -0.465 e. The first-order chi connectivity index (χ1) is 10.6. The Morgan fingerprint density at radius 3 is 2.91 bits per heavy atom. The smallest absolute Gasteiger partial charge is 0.338 e. The number of halogens is 1. The summed E-state index contributed by atoms with van der Waals surface area (Å²) >= 11 is 5.59. The van der Waals surface area contributed by atoms with Gasteiger partial charge in [-0.2, -0.15) is 0 Å². The molecule has 0 unspecified atom stereocenters. The molecule has 0 spiro atoms. The number of pyridine rings is 1. The summed E-state index contributed by atoms with van der Waals surface area (Å²) in [6.07, 6.45) is 1.47. The zero-order chi connectivity index (χ0) is 15.9. The number of aliphatic imine (C=N–C) groups is 1. The lowest BCUT2D eigenvalue weighted by atomic mass is 10.2. The van der Waals surface area contributed by atoms with Crippen LogP contribution in [-0.2, 0) is 4.74 Å². The van der Waals surface area contributed by atoms with Crippen LogP contribution in [0.5, 0.6) is 11.6 Å². The second-order valence-corrected chi connectivity index (χ2v) is 4.48. The number of amidine groups is 1. The lowest BCUT2D eigenvalue weighted by molar-refractivity contribution is 0.0600. The summed E-state index contributed by atoms with van der Waals surface area (Å²) in [6.45, 7) is 0. The molecule has 114 valence electrons. The number of hydrogen-bond donors (Lipinski definition) is 1. The largest absolute Gasteiger partial charge is 0.465 e. The third-order valence-electron chi connectivity index (χ3n) is 2.61. The van der Waals surface area contributed by atoms with Crippen molar-refractivity contribution in [2.24, 2.45) is 10.7 Å². The first-order valence-corrected chi connectivity index (χ1v) is 6.87. The molecule has 0 aliphatic heterocycles. The second-order valence-electron chi connectivity index (χ2n) is 4.21. The number of hydrogen-bond acceptors (Lipinski definition) is 5. The molecule has 22 heavy (non-hydrogen) atoms. The number of carbonyl (C=O) groups excluding carboxylic acids is 1. The summed E-state index contributed by atoms with van der Waals surface area (Å²) in [5.74, 6) is 0.783. The molecular formula is C15H14ClN3O3. The molecular weight excluding hydrogens is 306 g/mol. The fourth-order valence-corrected chi connectivity index (χ4v) is 1.70. The van der Waals surface area contributed by atoms with E-state index in [0.29, 0.717) is 22.8 Å². The number of methoxy groups -OCH3 is 1. The summed E-state index contributed by atoms with van der Waals surface area (Å²) in [5, 5.41) is 0. The molecule has 2 N–H and O–H groups in total. The van der Waals surface area contributed by atoms with Crippen molar-refractivity contribution in [3.05, 3.63) is 48.2 Å². The van der Waals surface area contributed by atoms with Crippen LogP contribution in [0, 0.1) is 0 Å². The molecule has 0 fully saturated rings. The topological polar surface area (TPSA) is 86.8 Å². The predicted molar refractivity (Wildman–Crippen MR) is 84.1 cm³/mol. The highest BCUT2D eigenvalue weighted by Gasteiger charge is 2.08. The summed E-state index contributed by atoms with van der Waals surface area (Å²) in [6, 6.07) is 9.99. The van der Waals surface area contributed by atoms with Gasteiger partial charge in [-0.3, -0.25) is 0 Å². The minimum absolute atomic E-state index is 0.147. The number of nitrogens with two attached hydrogens (primary N) is 1. The molecule has 2 aromatic rings. The molecule has 6 nitrogen and oxygen atoms in total. The molecule has 7 heteroatoms. The van der Waals surface area contributed by atoms with Crippen molar-refractivity contribution in [3.63, 3.8) is 0 Å². The first-order valence-electron chi connectivity index (χ1n) is 6.33. The Balaban J connectivity index is 2.21. The van der Waals surface area contributed by atoms with E-state index in [0.717, 1.165) is 0 Å². The highest BCUT2D eigenvalue weighted by atomic mass is 35.5. The molecule has 0 radical (unpaired) electrons. The number of carbonyl (C=O) groups is 1. The van der Waals surface area contributed by atoms with Gasteiger partial charge in [0.2, 0.25) is 5.88 Å². The fraction of sp³-hybridized carbons (Fsp3) is 0.133. The van der Waals surface area contributed by atoms with Crippen LogP contribution in [0.4, 0.5) is 5.69 Å². The molecule has 0 saturated heterocycles. The monoisotopic (exact) mass is 319 g/mol. The van der Waals surface area contributed by atoms with Crippen molar-refractivity contribution in [2.75, 3.05) is 13.0 Å². The quantitative estimate of drug-likeness (QED) is 0.396. The van der Waals surface area contributed by atoms with Gasteiger partial charge >= 0.3 is 5.97 Å². The Bertz CT molecular complexity index is 704. The summed E-state index contributed by atoms with van der Waals surface area (Å²) in [4.78, 5) is 19.7. The van der Waals surface area contributed by atoms with Crippen molar-refractivity contribution in [1.29, 1.82) is 0 Å². The maximum atomic E-state index is 11.5.